The van der Waals surface area contributed by atoms with Crippen LogP contribution in [0.15, 0.2) is 78.9 Å². The molecule has 0 aliphatic carbocycles. The molecule has 3 amide bonds. The maximum absolute atomic E-state index is 13.6. The van der Waals surface area contributed by atoms with Crippen molar-refractivity contribution in [2.24, 2.45) is 5.92 Å². The molecule has 44 heavy (non-hydrogen) atoms. The first-order valence-corrected chi connectivity index (χ1v) is 15.7. The molecule has 0 bridgehead atoms. The van der Waals surface area contributed by atoms with Crippen molar-refractivity contribution in [1.29, 1.82) is 0 Å². The van der Waals surface area contributed by atoms with Crippen LogP contribution >= 0.6 is 0 Å². The zero-order chi connectivity index (χ0) is 31.5. The SMILES string of the molecule is CC[C@H](C)[C@@H]1NCCOc2ccccc2CCCNC(=O)[C@@H](Cc2ccc(-c3ccccc3)cc2)NC(=O)[C@@H](C)N(C)C1=O. The number of hydrogen-bond donors (Lipinski definition) is 3. The molecule has 234 valence electrons. The summed E-state index contributed by atoms with van der Waals surface area (Å²) in [6, 6.07) is 24.0. The van der Waals surface area contributed by atoms with Crippen molar-refractivity contribution in [1.82, 2.24) is 20.9 Å². The van der Waals surface area contributed by atoms with Gasteiger partial charge < -0.3 is 25.6 Å². The number of carbonyl (C=O) groups excluding carboxylic acids is 3. The van der Waals surface area contributed by atoms with Crippen LogP contribution in [-0.4, -0.2) is 67.5 Å². The first-order chi connectivity index (χ1) is 21.3. The topological polar surface area (TPSA) is 99.8 Å². The van der Waals surface area contributed by atoms with Crippen LogP contribution < -0.4 is 20.7 Å². The first kappa shape index (κ1) is 32.7. The summed E-state index contributed by atoms with van der Waals surface area (Å²) in [4.78, 5) is 42.1. The van der Waals surface area contributed by atoms with Gasteiger partial charge in [-0.25, -0.2) is 0 Å². The Morgan fingerprint density at radius 1 is 0.886 bits per heavy atom. The average Bonchev–Trinajstić information content (AvgIpc) is 3.05. The zero-order valence-corrected chi connectivity index (χ0v) is 26.3. The molecule has 8 nitrogen and oxygen atoms in total. The smallest absolute Gasteiger partial charge is 0.243 e. The third-order valence-electron chi connectivity index (χ3n) is 8.54. The van der Waals surface area contributed by atoms with Crippen molar-refractivity contribution >= 4 is 17.7 Å². The number of carbonyl (C=O) groups is 3. The van der Waals surface area contributed by atoms with Crippen LogP contribution in [0.5, 0.6) is 5.75 Å². The highest BCUT2D eigenvalue weighted by atomic mass is 16.5. The van der Waals surface area contributed by atoms with E-state index < -0.39 is 18.1 Å². The summed E-state index contributed by atoms with van der Waals surface area (Å²) in [5.41, 5.74) is 4.18. The minimum Gasteiger partial charge on any atom is -0.492 e. The van der Waals surface area contributed by atoms with Gasteiger partial charge >= 0.3 is 0 Å². The fraction of sp³-hybridized carbons (Fsp3) is 0.417. The number of likely N-dealkylation sites (N-methyl/N-ethyl adjacent to an activating group) is 1. The van der Waals surface area contributed by atoms with Gasteiger partial charge in [-0.1, -0.05) is 93.1 Å². The van der Waals surface area contributed by atoms with Crippen molar-refractivity contribution in [3.8, 4) is 16.9 Å². The lowest BCUT2D eigenvalue weighted by Gasteiger charge is -2.32. The molecule has 0 spiro atoms. The van der Waals surface area contributed by atoms with E-state index in [2.05, 4.69) is 28.1 Å². The molecule has 1 aliphatic heterocycles. The van der Waals surface area contributed by atoms with Crippen LogP contribution in [-0.2, 0) is 27.2 Å². The van der Waals surface area contributed by atoms with Crippen LogP contribution in [0.1, 0.15) is 44.7 Å². The van der Waals surface area contributed by atoms with Gasteiger partial charge in [-0.15, -0.1) is 0 Å². The molecule has 4 rings (SSSR count). The molecule has 3 aromatic carbocycles. The lowest BCUT2D eigenvalue weighted by atomic mass is 9.97. The normalized spacial score (nSPS) is 21.6. The van der Waals surface area contributed by atoms with Crippen LogP contribution in [0.3, 0.4) is 0 Å². The fourth-order valence-electron chi connectivity index (χ4n) is 5.40. The molecular weight excluding hydrogens is 552 g/mol. The molecule has 1 aliphatic rings. The van der Waals surface area contributed by atoms with Crippen molar-refractivity contribution in [3.05, 3.63) is 90.0 Å². The average molecular weight is 599 g/mol. The highest BCUT2D eigenvalue weighted by molar-refractivity contribution is 5.93. The van der Waals surface area contributed by atoms with Gasteiger partial charge in [0.1, 0.15) is 24.4 Å². The van der Waals surface area contributed by atoms with Gasteiger partial charge in [-0.2, -0.15) is 0 Å². The summed E-state index contributed by atoms with van der Waals surface area (Å²) in [6.45, 7) is 7.12. The van der Waals surface area contributed by atoms with Gasteiger partial charge in [0, 0.05) is 26.6 Å². The van der Waals surface area contributed by atoms with Crippen LogP contribution in [0.2, 0.25) is 0 Å². The maximum atomic E-state index is 13.6. The highest BCUT2D eigenvalue weighted by Crippen LogP contribution is 2.21. The molecule has 8 heteroatoms. The quantitative estimate of drug-likeness (QED) is 0.405. The van der Waals surface area contributed by atoms with Gasteiger partial charge in [-0.05, 0) is 54.0 Å². The molecule has 0 fully saturated rings. The third kappa shape index (κ3) is 8.69. The van der Waals surface area contributed by atoms with Gasteiger partial charge in [0.2, 0.25) is 17.7 Å². The number of fused-ring (bicyclic) bond motifs is 1. The molecule has 0 saturated carbocycles. The molecule has 0 radical (unpaired) electrons. The van der Waals surface area contributed by atoms with Gasteiger partial charge in [0.05, 0.1) is 6.04 Å². The Labute approximate surface area is 261 Å². The van der Waals surface area contributed by atoms with Gasteiger partial charge in [0.15, 0.2) is 0 Å². The van der Waals surface area contributed by atoms with E-state index in [0.717, 1.165) is 47.3 Å². The zero-order valence-electron chi connectivity index (χ0n) is 26.3. The van der Waals surface area contributed by atoms with E-state index in [-0.39, 0.29) is 23.6 Å². The highest BCUT2D eigenvalue weighted by Gasteiger charge is 2.32. The number of nitrogens with one attached hydrogen (secondary N) is 3. The Hall–Kier alpha value is -4.17. The number of ether oxygens (including phenoxy) is 1. The second-order valence-corrected chi connectivity index (χ2v) is 11.6. The molecule has 3 aromatic rings. The van der Waals surface area contributed by atoms with Crippen molar-refractivity contribution in [3.63, 3.8) is 0 Å². The number of hydrogen-bond acceptors (Lipinski definition) is 5. The largest absolute Gasteiger partial charge is 0.492 e. The van der Waals surface area contributed by atoms with Crippen LogP contribution in [0, 0.1) is 5.92 Å². The Morgan fingerprint density at radius 3 is 2.30 bits per heavy atom. The predicted molar refractivity (Wildman–Crippen MR) is 174 cm³/mol. The second kappa shape index (κ2) is 16.1. The maximum Gasteiger partial charge on any atom is 0.243 e. The predicted octanol–water partition coefficient (Wildman–Crippen LogP) is 4.37. The minimum atomic E-state index is -0.797. The summed E-state index contributed by atoms with van der Waals surface area (Å²) in [7, 11) is 1.64. The number of nitrogens with zero attached hydrogens (tertiary/aromatic N) is 1. The van der Waals surface area contributed by atoms with Gasteiger partial charge in [-0.3, -0.25) is 14.4 Å². The Kier molecular flexibility index (Phi) is 11.9. The molecule has 4 atom stereocenters. The third-order valence-corrected chi connectivity index (χ3v) is 8.54. The Morgan fingerprint density at radius 2 is 1.57 bits per heavy atom. The fourth-order valence-corrected chi connectivity index (χ4v) is 5.40. The van der Waals surface area contributed by atoms with Crippen molar-refractivity contribution in [2.75, 3.05) is 26.7 Å². The van der Waals surface area contributed by atoms with Crippen molar-refractivity contribution in [2.45, 2.75) is 64.6 Å². The van der Waals surface area contributed by atoms with E-state index in [1.54, 1.807) is 14.0 Å². The summed E-state index contributed by atoms with van der Waals surface area (Å²) in [5.74, 6) is 0.0686. The minimum absolute atomic E-state index is 0.0514. The van der Waals surface area contributed by atoms with E-state index in [1.807, 2.05) is 80.6 Å². The van der Waals surface area contributed by atoms with E-state index >= 15 is 0 Å². The lowest BCUT2D eigenvalue weighted by Crippen LogP contribution is -2.57. The van der Waals surface area contributed by atoms with Crippen LogP contribution in [0.4, 0.5) is 0 Å². The molecule has 0 unspecified atom stereocenters. The summed E-state index contributed by atoms with van der Waals surface area (Å²) in [5, 5.41) is 9.35. The molecule has 3 N–H and O–H groups in total. The number of benzene rings is 3. The number of rotatable bonds is 5. The Bertz CT molecular complexity index is 1380. The van der Waals surface area contributed by atoms with Gasteiger partial charge in [0.25, 0.3) is 0 Å². The summed E-state index contributed by atoms with van der Waals surface area (Å²) < 4.78 is 6.10. The monoisotopic (exact) mass is 598 g/mol. The standard InChI is InChI=1S/C36H46N4O4/c1-5-25(2)33-36(43)40(4)26(3)34(41)39-31(24-27-17-19-29(20-18-27)28-12-7-6-8-13-28)35(42)38-21-11-15-30-14-9-10-16-32(30)44-23-22-37-33/h6-10,12-14,16-20,25-26,31,33,37H,5,11,15,21-24H2,1-4H3,(H,38,42)(H,39,41)/t25-,26+,31+,33-/m0/s1. The number of aryl methyl sites for hydroxylation is 1. The summed E-state index contributed by atoms with van der Waals surface area (Å²) >= 11 is 0. The van der Waals surface area contributed by atoms with E-state index in [0.29, 0.717) is 26.1 Å². The Balaban J connectivity index is 1.56. The van der Waals surface area contributed by atoms with Crippen molar-refractivity contribution < 1.29 is 19.1 Å². The molecule has 0 saturated heterocycles. The molecule has 0 aromatic heterocycles. The molecule has 1 heterocycles. The second-order valence-electron chi connectivity index (χ2n) is 11.6. The van der Waals surface area contributed by atoms with E-state index in [9.17, 15) is 14.4 Å². The first-order valence-electron chi connectivity index (χ1n) is 15.7. The van der Waals surface area contributed by atoms with Crippen LogP contribution in [0.25, 0.3) is 11.1 Å². The lowest BCUT2D eigenvalue weighted by molar-refractivity contribution is -0.141. The van der Waals surface area contributed by atoms with E-state index in [4.69, 9.17) is 4.74 Å². The number of amides is 3. The summed E-state index contributed by atoms with van der Waals surface area (Å²) in [6.07, 6.45) is 2.58. The number of para-hydroxylation sites is 1. The van der Waals surface area contributed by atoms with E-state index in [1.165, 1.54) is 4.90 Å². The molecular formula is C36H46N4O4.